The third kappa shape index (κ3) is 10.8. The SMILES string of the molecule is COc1cc(/C=C2\CCCN([C@@H](C)c3ccc(C(=O)c4ccc(/C=C/C(=O)NCCNC(=O)CCCC[C@@H]5SC[C@@H]6NC(=O)N[C@@H]65)cc4)cc3)C2=O)ccc1-n1cnc(C)c1. The van der Waals surface area contributed by atoms with Gasteiger partial charge in [0.1, 0.15) is 5.75 Å². The van der Waals surface area contributed by atoms with Crippen molar-refractivity contribution in [3.05, 3.63) is 124 Å². The van der Waals surface area contributed by atoms with E-state index in [4.69, 9.17) is 4.74 Å². The molecule has 3 fully saturated rings. The second-order valence-corrected chi connectivity index (χ2v) is 17.0. The van der Waals surface area contributed by atoms with Gasteiger partial charge >= 0.3 is 6.03 Å². The number of carbonyl (C=O) groups excluding carboxylic acids is 5. The molecule has 4 heterocycles. The number of nitrogens with zero attached hydrogens (tertiary/aromatic N) is 3. The largest absolute Gasteiger partial charge is 0.495 e. The van der Waals surface area contributed by atoms with E-state index < -0.39 is 0 Å². The number of unbranched alkanes of at least 4 members (excludes halogenated alkanes) is 1. The van der Waals surface area contributed by atoms with Crippen molar-refractivity contribution in [2.24, 2.45) is 0 Å². The standard InChI is InChI=1S/C47H53N7O6S/c1-30-27-53(29-50-30)39-20-12-33(26-40(39)60-3)25-37-7-6-24-54(46(37)58)31(2)34-16-18-36(19-17-34)45(57)35-14-10-32(11-15-35)13-21-43(56)49-23-22-48-42(55)9-5-4-8-41-44-38(28-61-41)51-47(59)52-44/h10-21,25-27,29,31,38,41,44H,4-9,22-24,28H2,1-3H3,(H,48,55)(H,49,56)(H2,51,52,59)/b21-13+,37-25+/t31-,38-,41-,44-/m0/s1. The van der Waals surface area contributed by atoms with Gasteiger partial charge in [-0.3, -0.25) is 19.2 Å². The Morgan fingerprint density at radius 1 is 0.967 bits per heavy atom. The number of aromatic nitrogens is 2. The maximum atomic E-state index is 13.7. The van der Waals surface area contributed by atoms with Crippen LogP contribution in [0.5, 0.6) is 5.75 Å². The van der Waals surface area contributed by atoms with Crippen molar-refractivity contribution in [1.29, 1.82) is 0 Å². The highest BCUT2D eigenvalue weighted by molar-refractivity contribution is 8.00. The quantitative estimate of drug-likeness (QED) is 0.0425. The van der Waals surface area contributed by atoms with Gasteiger partial charge in [0.05, 0.1) is 42.9 Å². The predicted molar refractivity (Wildman–Crippen MR) is 238 cm³/mol. The number of ether oxygens (including phenoxy) is 1. The van der Waals surface area contributed by atoms with Gasteiger partial charge in [-0.15, -0.1) is 0 Å². The molecule has 3 aliphatic heterocycles. The summed E-state index contributed by atoms with van der Waals surface area (Å²) >= 11 is 1.87. The van der Waals surface area contributed by atoms with Crippen LogP contribution in [0.15, 0.2) is 90.9 Å². The Bertz CT molecular complexity index is 2300. The highest BCUT2D eigenvalue weighted by Crippen LogP contribution is 2.34. The number of rotatable bonds is 17. The number of nitrogens with one attached hydrogen (secondary N) is 4. The summed E-state index contributed by atoms with van der Waals surface area (Å²) < 4.78 is 7.59. The van der Waals surface area contributed by atoms with Gasteiger partial charge in [-0.25, -0.2) is 9.78 Å². The summed E-state index contributed by atoms with van der Waals surface area (Å²) in [6.45, 7) is 5.24. The van der Waals surface area contributed by atoms with Gasteiger partial charge in [-0.2, -0.15) is 11.8 Å². The molecule has 0 saturated carbocycles. The third-order valence-electron chi connectivity index (χ3n) is 11.5. The zero-order chi connectivity index (χ0) is 42.9. The number of benzene rings is 3. The summed E-state index contributed by atoms with van der Waals surface area (Å²) in [5.41, 5.74) is 6.18. The number of carbonyl (C=O) groups is 5. The number of imidazole rings is 1. The van der Waals surface area contributed by atoms with E-state index in [0.29, 0.717) is 54.6 Å². The molecule has 3 aromatic carbocycles. The van der Waals surface area contributed by atoms with Crippen molar-refractivity contribution in [1.82, 2.24) is 35.7 Å². The lowest BCUT2D eigenvalue weighted by Crippen LogP contribution is -2.38. The first-order valence-electron chi connectivity index (χ1n) is 20.9. The first kappa shape index (κ1) is 43.0. The van der Waals surface area contributed by atoms with E-state index in [0.717, 1.165) is 65.1 Å². The van der Waals surface area contributed by atoms with Crippen molar-refractivity contribution in [3.63, 3.8) is 0 Å². The lowest BCUT2D eigenvalue weighted by molar-refractivity contribution is -0.130. The maximum Gasteiger partial charge on any atom is 0.315 e. The molecule has 7 rings (SSSR count). The van der Waals surface area contributed by atoms with Crippen LogP contribution in [0.2, 0.25) is 0 Å². The van der Waals surface area contributed by atoms with Crippen LogP contribution in [-0.2, 0) is 14.4 Å². The molecule has 0 unspecified atom stereocenters. The second-order valence-electron chi connectivity index (χ2n) is 15.7. The van der Waals surface area contributed by atoms with E-state index >= 15 is 0 Å². The molecule has 61 heavy (non-hydrogen) atoms. The fourth-order valence-electron chi connectivity index (χ4n) is 8.07. The van der Waals surface area contributed by atoms with Crippen molar-refractivity contribution in [2.75, 3.05) is 32.5 Å². The van der Waals surface area contributed by atoms with Crippen LogP contribution in [0.4, 0.5) is 4.79 Å². The van der Waals surface area contributed by atoms with Gasteiger partial charge in [0.25, 0.3) is 0 Å². The number of fused-ring (bicyclic) bond motifs is 1. The van der Waals surface area contributed by atoms with E-state index in [1.807, 2.05) is 77.7 Å². The number of thioether (sulfide) groups is 1. The number of piperidine rings is 1. The van der Waals surface area contributed by atoms with Crippen molar-refractivity contribution >= 4 is 53.4 Å². The number of hydrogen-bond acceptors (Lipinski definition) is 8. The summed E-state index contributed by atoms with van der Waals surface area (Å²) in [6, 6.07) is 20.5. The molecule has 4 atom stereocenters. The van der Waals surface area contributed by atoms with E-state index in [2.05, 4.69) is 26.3 Å². The average molecular weight is 844 g/mol. The van der Waals surface area contributed by atoms with Crippen LogP contribution in [0.1, 0.15) is 89.8 Å². The normalized spacial score (nSPS) is 19.7. The Balaban J connectivity index is 0.834. The zero-order valence-electron chi connectivity index (χ0n) is 34.8. The molecule has 13 nitrogen and oxygen atoms in total. The van der Waals surface area contributed by atoms with E-state index in [9.17, 15) is 24.0 Å². The van der Waals surface area contributed by atoms with Crippen LogP contribution in [0.3, 0.4) is 0 Å². The lowest BCUT2D eigenvalue weighted by Gasteiger charge is -2.34. The van der Waals surface area contributed by atoms with Gasteiger partial charge in [0.2, 0.25) is 17.7 Å². The molecule has 0 radical (unpaired) electrons. The number of ketones is 1. The number of methoxy groups -OCH3 is 1. The number of likely N-dealkylation sites (tertiary alicyclic amines) is 1. The monoisotopic (exact) mass is 843 g/mol. The molecule has 14 heteroatoms. The first-order valence-corrected chi connectivity index (χ1v) is 22.0. The van der Waals surface area contributed by atoms with Crippen molar-refractivity contribution in [2.45, 2.75) is 75.7 Å². The molecule has 318 valence electrons. The van der Waals surface area contributed by atoms with Gasteiger partial charge in [0, 0.05) is 66.0 Å². The fourth-order valence-corrected chi connectivity index (χ4v) is 9.62. The maximum absolute atomic E-state index is 13.7. The minimum absolute atomic E-state index is 0.00149. The number of urea groups is 1. The minimum atomic E-state index is -0.282. The van der Waals surface area contributed by atoms with Gasteiger partial charge in [-0.05, 0) is 80.5 Å². The van der Waals surface area contributed by atoms with Crippen LogP contribution in [0, 0.1) is 6.92 Å². The molecular formula is C47H53N7O6S. The molecule has 4 aromatic rings. The number of aryl methyl sites for hydroxylation is 1. The van der Waals surface area contributed by atoms with Crippen LogP contribution in [0.25, 0.3) is 17.8 Å². The zero-order valence-corrected chi connectivity index (χ0v) is 35.6. The number of hydrogen-bond donors (Lipinski definition) is 4. The summed E-state index contributed by atoms with van der Waals surface area (Å²) in [5.74, 6) is 1.16. The minimum Gasteiger partial charge on any atom is -0.495 e. The van der Waals surface area contributed by atoms with Gasteiger partial charge in [0.15, 0.2) is 5.78 Å². The molecule has 0 aliphatic carbocycles. The Morgan fingerprint density at radius 3 is 2.44 bits per heavy atom. The predicted octanol–water partition coefficient (Wildman–Crippen LogP) is 6.16. The lowest BCUT2D eigenvalue weighted by atomic mass is 9.96. The summed E-state index contributed by atoms with van der Waals surface area (Å²) in [6.07, 6.45) is 13.4. The van der Waals surface area contributed by atoms with Crippen LogP contribution in [-0.4, -0.2) is 93.8 Å². The van der Waals surface area contributed by atoms with Crippen molar-refractivity contribution < 1.29 is 28.7 Å². The molecule has 5 amide bonds. The number of amides is 5. The Labute approximate surface area is 360 Å². The van der Waals surface area contributed by atoms with Gasteiger partial charge < -0.3 is 35.5 Å². The molecular weight excluding hydrogens is 791 g/mol. The Kier molecular flexibility index (Phi) is 14.0. The second kappa shape index (κ2) is 19.9. The van der Waals surface area contributed by atoms with E-state index in [1.54, 1.807) is 55.9 Å². The van der Waals surface area contributed by atoms with E-state index in [-0.39, 0.29) is 47.7 Å². The molecule has 0 spiro atoms. The smallest absolute Gasteiger partial charge is 0.315 e. The Hall–Kier alpha value is -6.15. The van der Waals surface area contributed by atoms with Crippen LogP contribution >= 0.6 is 11.8 Å². The summed E-state index contributed by atoms with van der Waals surface area (Å²) in [5, 5.41) is 12.0. The molecule has 0 bridgehead atoms. The van der Waals surface area contributed by atoms with Crippen LogP contribution < -0.4 is 26.0 Å². The first-order chi connectivity index (χ1) is 29.6. The third-order valence-corrected chi connectivity index (χ3v) is 13.0. The topological polar surface area (TPSA) is 164 Å². The highest BCUT2D eigenvalue weighted by Gasteiger charge is 2.42. The fraction of sp³-hybridized carbons (Fsp3) is 0.362. The van der Waals surface area contributed by atoms with Crippen molar-refractivity contribution in [3.8, 4) is 11.4 Å². The summed E-state index contributed by atoms with van der Waals surface area (Å²) in [4.78, 5) is 69.5. The summed E-state index contributed by atoms with van der Waals surface area (Å²) in [7, 11) is 1.63. The molecule has 3 saturated heterocycles. The van der Waals surface area contributed by atoms with Gasteiger partial charge in [-0.1, -0.05) is 61.0 Å². The highest BCUT2D eigenvalue weighted by atomic mass is 32.2. The molecule has 4 N–H and O–H groups in total. The molecule has 3 aliphatic rings. The average Bonchev–Trinajstić information content (AvgIpc) is 3.99. The van der Waals surface area contributed by atoms with E-state index in [1.165, 1.54) is 6.08 Å². The Morgan fingerprint density at radius 2 is 1.70 bits per heavy atom. The molecule has 1 aromatic heterocycles.